The molecule has 0 aliphatic carbocycles. The summed E-state index contributed by atoms with van der Waals surface area (Å²) < 4.78 is 8.29. The van der Waals surface area contributed by atoms with Gasteiger partial charge in [-0.3, -0.25) is 4.79 Å². The van der Waals surface area contributed by atoms with Crippen LogP contribution in [0.1, 0.15) is 30.1 Å². The molecule has 32 heavy (non-hydrogen) atoms. The molecule has 5 nitrogen and oxygen atoms in total. The lowest BCUT2D eigenvalue weighted by Crippen LogP contribution is -2.24. The smallest absolute Gasteiger partial charge is 0.227 e. The number of carbonyl (C=O) groups is 1. The maximum absolute atomic E-state index is 12.8. The fraction of sp³-hybridized carbons (Fsp3) is 0.259. The summed E-state index contributed by atoms with van der Waals surface area (Å²) in [6.45, 7) is 4.16. The van der Waals surface area contributed by atoms with Crippen molar-refractivity contribution in [3.63, 3.8) is 0 Å². The van der Waals surface area contributed by atoms with Crippen LogP contribution in [0.3, 0.4) is 0 Å². The molecule has 3 aromatic carbocycles. The topological polar surface area (TPSA) is 47.4 Å². The fourth-order valence-corrected chi connectivity index (χ4v) is 4.50. The van der Waals surface area contributed by atoms with Crippen molar-refractivity contribution in [3.8, 4) is 5.75 Å². The predicted molar refractivity (Wildman–Crippen MR) is 127 cm³/mol. The summed E-state index contributed by atoms with van der Waals surface area (Å²) in [6, 6.07) is 26.2. The molecule has 1 aromatic heterocycles. The zero-order chi connectivity index (χ0) is 21.9. The van der Waals surface area contributed by atoms with E-state index in [1.165, 1.54) is 0 Å². The Morgan fingerprint density at radius 1 is 0.969 bits per heavy atom. The monoisotopic (exact) mass is 425 g/mol. The summed E-state index contributed by atoms with van der Waals surface area (Å²) >= 11 is 0. The SMILES string of the molecule is Cc1ccccc1OCCCn1c([C@@H]2CC(=O)N(c3ccccc3)C2)nc2ccccc21. The highest BCUT2D eigenvalue weighted by molar-refractivity contribution is 5.96. The molecular weight excluding hydrogens is 398 g/mol. The lowest BCUT2D eigenvalue weighted by atomic mass is 10.1. The summed E-state index contributed by atoms with van der Waals surface area (Å²) in [7, 11) is 0. The van der Waals surface area contributed by atoms with Crippen LogP contribution >= 0.6 is 0 Å². The quantitative estimate of drug-likeness (QED) is 0.376. The van der Waals surface area contributed by atoms with Crippen LogP contribution in [-0.4, -0.2) is 28.6 Å². The van der Waals surface area contributed by atoms with E-state index in [1.807, 2.05) is 71.6 Å². The third-order valence-electron chi connectivity index (χ3n) is 6.12. The molecule has 0 N–H and O–H groups in total. The Kier molecular flexibility index (Phi) is 5.63. The number of aryl methyl sites for hydroxylation is 2. The van der Waals surface area contributed by atoms with Gasteiger partial charge in [0.1, 0.15) is 11.6 Å². The number of hydrogen-bond donors (Lipinski definition) is 0. The van der Waals surface area contributed by atoms with Crippen molar-refractivity contribution in [2.75, 3.05) is 18.1 Å². The fourth-order valence-electron chi connectivity index (χ4n) is 4.50. The van der Waals surface area contributed by atoms with Crippen LogP contribution in [0.15, 0.2) is 78.9 Å². The van der Waals surface area contributed by atoms with Crippen LogP contribution in [0.5, 0.6) is 5.75 Å². The summed E-state index contributed by atoms with van der Waals surface area (Å²) in [6.07, 6.45) is 1.35. The Bertz CT molecular complexity index is 1230. The maximum atomic E-state index is 12.8. The maximum Gasteiger partial charge on any atom is 0.227 e. The molecule has 0 saturated carbocycles. The molecule has 1 saturated heterocycles. The molecule has 162 valence electrons. The number of hydrogen-bond acceptors (Lipinski definition) is 3. The van der Waals surface area contributed by atoms with E-state index in [0.717, 1.165) is 46.8 Å². The van der Waals surface area contributed by atoms with Gasteiger partial charge in [0.2, 0.25) is 5.91 Å². The number of nitrogens with zero attached hydrogens (tertiary/aromatic N) is 3. The molecule has 1 aliphatic heterocycles. The van der Waals surface area contributed by atoms with Gasteiger partial charge in [-0.1, -0.05) is 48.5 Å². The average molecular weight is 426 g/mol. The number of rotatable bonds is 7. The van der Waals surface area contributed by atoms with Gasteiger partial charge in [0.15, 0.2) is 0 Å². The first-order chi connectivity index (χ1) is 15.7. The van der Waals surface area contributed by atoms with E-state index < -0.39 is 0 Å². The van der Waals surface area contributed by atoms with Gasteiger partial charge in [0, 0.05) is 31.1 Å². The number of fused-ring (bicyclic) bond motifs is 1. The van der Waals surface area contributed by atoms with E-state index >= 15 is 0 Å². The first-order valence-corrected chi connectivity index (χ1v) is 11.2. The van der Waals surface area contributed by atoms with Crippen molar-refractivity contribution in [2.24, 2.45) is 0 Å². The highest BCUT2D eigenvalue weighted by atomic mass is 16.5. The van der Waals surface area contributed by atoms with Crippen molar-refractivity contribution < 1.29 is 9.53 Å². The minimum Gasteiger partial charge on any atom is -0.493 e. The number of ether oxygens (including phenoxy) is 1. The number of aromatic nitrogens is 2. The van der Waals surface area contributed by atoms with Gasteiger partial charge in [0.05, 0.1) is 17.6 Å². The molecule has 0 spiro atoms. The van der Waals surface area contributed by atoms with Crippen molar-refractivity contribution in [1.82, 2.24) is 9.55 Å². The standard InChI is InChI=1S/C27H27N3O2/c1-20-10-5-8-15-25(20)32-17-9-16-29-24-14-7-6-13-23(24)28-27(29)21-18-26(31)30(19-21)22-11-3-2-4-12-22/h2-8,10-15,21H,9,16-19H2,1H3/t21-/m1/s1. The Hall–Kier alpha value is -3.60. The number of benzene rings is 3. The first kappa shape index (κ1) is 20.3. The van der Waals surface area contributed by atoms with Gasteiger partial charge >= 0.3 is 0 Å². The van der Waals surface area contributed by atoms with Crippen LogP contribution in [0, 0.1) is 6.92 Å². The molecule has 1 aliphatic rings. The molecule has 2 heterocycles. The Labute approximate surface area is 188 Å². The van der Waals surface area contributed by atoms with E-state index in [1.54, 1.807) is 0 Å². The second kappa shape index (κ2) is 8.87. The van der Waals surface area contributed by atoms with Gasteiger partial charge in [-0.15, -0.1) is 0 Å². The van der Waals surface area contributed by atoms with Crippen LogP contribution in [-0.2, 0) is 11.3 Å². The van der Waals surface area contributed by atoms with Crippen molar-refractivity contribution in [3.05, 3.63) is 90.3 Å². The highest BCUT2D eigenvalue weighted by Gasteiger charge is 2.34. The van der Waals surface area contributed by atoms with Crippen molar-refractivity contribution >= 4 is 22.6 Å². The molecule has 0 bridgehead atoms. The zero-order valence-electron chi connectivity index (χ0n) is 18.3. The minimum atomic E-state index is 0.0763. The number of carbonyl (C=O) groups excluding carboxylic acids is 1. The van der Waals surface area contributed by atoms with Gasteiger partial charge < -0.3 is 14.2 Å². The molecule has 5 heteroatoms. The van der Waals surface area contributed by atoms with E-state index in [-0.39, 0.29) is 11.8 Å². The Balaban J connectivity index is 1.35. The van der Waals surface area contributed by atoms with Crippen molar-refractivity contribution in [2.45, 2.75) is 32.2 Å². The molecule has 5 rings (SSSR count). The number of para-hydroxylation sites is 4. The normalized spacial score (nSPS) is 16.1. The van der Waals surface area contributed by atoms with Crippen LogP contribution in [0.2, 0.25) is 0 Å². The molecule has 4 aromatic rings. The van der Waals surface area contributed by atoms with E-state index in [4.69, 9.17) is 9.72 Å². The summed E-state index contributed by atoms with van der Waals surface area (Å²) in [5.41, 5.74) is 4.19. The van der Waals surface area contributed by atoms with Crippen LogP contribution < -0.4 is 9.64 Å². The molecule has 0 unspecified atom stereocenters. The number of amides is 1. The largest absolute Gasteiger partial charge is 0.493 e. The Morgan fingerprint density at radius 2 is 1.72 bits per heavy atom. The number of imidazole rings is 1. The average Bonchev–Trinajstić information content (AvgIpc) is 3.39. The minimum absolute atomic E-state index is 0.0763. The molecule has 1 atom stereocenters. The molecule has 1 fully saturated rings. The third-order valence-corrected chi connectivity index (χ3v) is 6.12. The molecule has 1 amide bonds. The van der Waals surface area contributed by atoms with Crippen molar-refractivity contribution in [1.29, 1.82) is 0 Å². The molecule has 0 radical (unpaired) electrons. The summed E-state index contributed by atoms with van der Waals surface area (Å²) in [5, 5.41) is 0. The Morgan fingerprint density at radius 3 is 2.56 bits per heavy atom. The van der Waals surface area contributed by atoms with Crippen LogP contribution in [0.25, 0.3) is 11.0 Å². The van der Waals surface area contributed by atoms with Gasteiger partial charge in [-0.25, -0.2) is 4.98 Å². The van der Waals surface area contributed by atoms with Gasteiger partial charge in [-0.2, -0.15) is 0 Å². The first-order valence-electron chi connectivity index (χ1n) is 11.2. The second-order valence-corrected chi connectivity index (χ2v) is 8.32. The zero-order valence-corrected chi connectivity index (χ0v) is 18.3. The van der Waals surface area contributed by atoms with Crippen LogP contribution in [0.4, 0.5) is 5.69 Å². The van der Waals surface area contributed by atoms with Gasteiger partial charge in [0.25, 0.3) is 0 Å². The third kappa shape index (κ3) is 3.98. The second-order valence-electron chi connectivity index (χ2n) is 8.32. The summed E-state index contributed by atoms with van der Waals surface area (Å²) in [5.74, 6) is 2.16. The van der Waals surface area contributed by atoms with Gasteiger partial charge in [-0.05, 0) is 49.2 Å². The highest BCUT2D eigenvalue weighted by Crippen LogP contribution is 2.33. The van der Waals surface area contributed by atoms with E-state index in [2.05, 4.69) is 23.6 Å². The van der Waals surface area contributed by atoms with E-state index in [9.17, 15) is 4.79 Å². The summed E-state index contributed by atoms with van der Waals surface area (Å²) in [4.78, 5) is 19.6. The van der Waals surface area contributed by atoms with E-state index in [0.29, 0.717) is 19.6 Å². The predicted octanol–water partition coefficient (Wildman–Crippen LogP) is 5.33. The number of anilines is 1. The lowest BCUT2D eigenvalue weighted by molar-refractivity contribution is -0.117. The molecular formula is C27H27N3O2. The lowest BCUT2D eigenvalue weighted by Gasteiger charge is -2.17.